The average molecular weight is 140 g/mol. The molecular formula is C6H12N4. The van der Waals surface area contributed by atoms with Crippen LogP contribution in [0.1, 0.15) is 0 Å². The van der Waals surface area contributed by atoms with Gasteiger partial charge < -0.3 is 17.2 Å². The second kappa shape index (κ2) is 2.82. The van der Waals surface area contributed by atoms with Crippen LogP contribution in [0.25, 0.3) is 0 Å². The molecule has 0 spiro atoms. The van der Waals surface area contributed by atoms with E-state index in [1.807, 2.05) is 0 Å². The number of hydrogen-bond donors (Lipinski definition) is 3. The second-order valence-corrected chi connectivity index (χ2v) is 1.81. The summed E-state index contributed by atoms with van der Waals surface area (Å²) in [5.74, 6) is 0.625. The molecule has 0 fully saturated rings. The summed E-state index contributed by atoms with van der Waals surface area (Å²) in [5.41, 5.74) is 15.9. The Balaban J connectivity index is 4.43. The lowest BCUT2D eigenvalue weighted by molar-refractivity contribution is 0.514. The molecule has 0 atom stereocenters. The summed E-state index contributed by atoms with van der Waals surface area (Å²) < 4.78 is 0. The highest BCUT2D eigenvalue weighted by atomic mass is 15.3. The quantitative estimate of drug-likeness (QED) is 0.497. The molecule has 0 saturated carbocycles. The van der Waals surface area contributed by atoms with Crippen molar-refractivity contribution in [1.82, 2.24) is 4.90 Å². The molecule has 0 amide bonds. The van der Waals surface area contributed by atoms with E-state index in [9.17, 15) is 0 Å². The number of nitrogens with two attached hydrogens (primary N) is 3. The summed E-state index contributed by atoms with van der Waals surface area (Å²) >= 11 is 0. The second-order valence-electron chi connectivity index (χ2n) is 1.81. The Morgan fingerprint density at radius 1 is 0.800 bits per heavy atom. The maximum absolute atomic E-state index is 5.29. The Hall–Kier alpha value is -1.58. The monoisotopic (exact) mass is 140 g/mol. The fraction of sp³-hybridized carbons (Fsp3) is 0. The first-order valence-electron chi connectivity index (χ1n) is 2.60. The van der Waals surface area contributed by atoms with E-state index in [0.717, 1.165) is 0 Å². The van der Waals surface area contributed by atoms with E-state index in [-0.39, 0.29) is 17.5 Å². The van der Waals surface area contributed by atoms with Crippen LogP contribution in [-0.4, -0.2) is 4.90 Å². The molecule has 0 unspecified atom stereocenters. The van der Waals surface area contributed by atoms with E-state index < -0.39 is 0 Å². The van der Waals surface area contributed by atoms with Gasteiger partial charge in [0.25, 0.3) is 0 Å². The zero-order chi connectivity index (χ0) is 8.31. The van der Waals surface area contributed by atoms with Crippen LogP contribution in [-0.2, 0) is 0 Å². The van der Waals surface area contributed by atoms with Crippen LogP contribution in [0.15, 0.2) is 37.2 Å². The van der Waals surface area contributed by atoms with Crippen molar-refractivity contribution in [2.75, 3.05) is 0 Å². The van der Waals surface area contributed by atoms with Crippen LogP contribution >= 0.6 is 0 Å². The average Bonchev–Trinajstić information content (AvgIpc) is 1.59. The van der Waals surface area contributed by atoms with Crippen LogP contribution in [0.3, 0.4) is 0 Å². The Kier molecular flexibility index (Phi) is 2.37. The van der Waals surface area contributed by atoms with Gasteiger partial charge >= 0.3 is 0 Å². The van der Waals surface area contributed by atoms with Crippen LogP contribution in [0.5, 0.6) is 0 Å². The lowest BCUT2D eigenvalue weighted by Crippen LogP contribution is -2.32. The topological polar surface area (TPSA) is 81.3 Å². The Bertz CT molecular complexity index is 149. The molecule has 0 aromatic carbocycles. The fourth-order valence-electron chi connectivity index (χ4n) is 0.553. The van der Waals surface area contributed by atoms with E-state index in [1.54, 1.807) is 0 Å². The van der Waals surface area contributed by atoms with Gasteiger partial charge in [-0.25, -0.2) is 0 Å². The van der Waals surface area contributed by atoms with Gasteiger partial charge in [-0.1, -0.05) is 19.7 Å². The molecule has 0 aliphatic heterocycles. The minimum absolute atomic E-state index is 0.208. The predicted octanol–water partition coefficient (Wildman–Crippen LogP) is -0.422. The van der Waals surface area contributed by atoms with E-state index >= 15 is 0 Å². The van der Waals surface area contributed by atoms with Gasteiger partial charge in [-0.3, -0.25) is 4.90 Å². The first kappa shape index (κ1) is 8.42. The van der Waals surface area contributed by atoms with E-state index in [0.29, 0.717) is 0 Å². The maximum atomic E-state index is 5.29. The van der Waals surface area contributed by atoms with Crippen molar-refractivity contribution in [2.24, 2.45) is 17.2 Å². The normalized spacial score (nSPS) is 8.40. The minimum Gasteiger partial charge on any atom is -0.385 e. The molecule has 0 aliphatic carbocycles. The molecule has 4 nitrogen and oxygen atoms in total. The van der Waals surface area contributed by atoms with Gasteiger partial charge in [0.2, 0.25) is 0 Å². The van der Waals surface area contributed by atoms with Crippen molar-refractivity contribution in [3.8, 4) is 0 Å². The van der Waals surface area contributed by atoms with Crippen LogP contribution in [0.4, 0.5) is 0 Å². The van der Waals surface area contributed by atoms with Crippen LogP contribution < -0.4 is 17.2 Å². The van der Waals surface area contributed by atoms with Crippen molar-refractivity contribution in [3.63, 3.8) is 0 Å². The van der Waals surface area contributed by atoms with Gasteiger partial charge in [0, 0.05) is 0 Å². The van der Waals surface area contributed by atoms with Crippen LogP contribution in [0.2, 0.25) is 0 Å². The first-order chi connectivity index (χ1) is 4.46. The number of nitrogens with zero attached hydrogens (tertiary/aromatic N) is 1. The largest absolute Gasteiger partial charge is 0.385 e. The third-order valence-corrected chi connectivity index (χ3v) is 0.862. The molecule has 0 heterocycles. The highest BCUT2D eigenvalue weighted by Gasteiger charge is 2.05. The lowest BCUT2D eigenvalue weighted by atomic mass is 10.5. The summed E-state index contributed by atoms with van der Waals surface area (Å²) in [5, 5.41) is 0. The highest BCUT2D eigenvalue weighted by Crippen LogP contribution is 2.03. The SMILES string of the molecule is C=C(N)N(C(=C)N)C(=C)N. The van der Waals surface area contributed by atoms with E-state index in [4.69, 9.17) is 17.2 Å². The molecule has 0 rings (SSSR count). The van der Waals surface area contributed by atoms with E-state index in [1.165, 1.54) is 4.90 Å². The zero-order valence-corrected chi connectivity index (χ0v) is 5.80. The Labute approximate surface area is 60.3 Å². The van der Waals surface area contributed by atoms with Crippen LogP contribution in [0, 0.1) is 0 Å². The summed E-state index contributed by atoms with van der Waals surface area (Å²) in [6, 6.07) is 0. The lowest BCUT2D eigenvalue weighted by Gasteiger charge is -2.22. The van der Waals surface area contributed by atoms with Crippen molar-refractivity contribution >= 4 is 0 Å². The molecule has 4 heteroatoms. The molecule has 6 N–H and O–H groups in total. The number of rotatable bonds is 3. The summed E-state index contributed by atoms with van der Waals surface area (Å²) in [6.07, 6.45) is 0. The van der Waals surface area contributed by atoms with Gasteiger partial charge in [0.1, 0.15) is 17.5 Å². The molecule has 10 heavy (non-hydrogen) atoms. The van der Waals surface area contributed by atoms with Crippen molar-refractivity contribution in [2.45, 2.75) is 0 Å². The van der Waals surface area contributed by atoms with Gasteiger partial charge in [-0.2, -0.15) is 0 Å². The van der Waals surface area contributed by atoms with Gasteiger partial charge in [0.15, 0.2) is 0 Å². The van der Waals surface area contributed by atoms with Gasteiger partial charge in [-0.05, 0) is 0 Å². The minimum atomic E-state index is 0.208. The zero-order valence-electron chi connectivity index (χ0n) is 5.80. The summed E-state index contributed by atoms with van der Waals surface area (Å²) in [4.78, 5) is 1.25. The third kappa shape index (κ3) is 1.74. The maximum Gasteiger partial charge on any atom is 0.103 e. The molecule has 0 aliphatic rings. The van der Waals surface area contributed by atoms with E-state index in [2.05, 4.69) is 19.7 Å². The molecule has 0 aromatic heterocycles. The van der Waals surface area contributed by atoms with Crippen molar-refractivity contribution in [1.29, 1.82) is 0 Å². The third-order valence-electron chi connectivity index (χ3n) is 0.862. The fourth-order valence-corrected chi connectivity index (χ4v) is 0.553. The molecule has 0 aromatic rings. The summed E-state index contributed by atoms with van der Waals surface area (Å²) in [6.45, 7) is 10.3. The summed E-state index contributed by atoms with van der Waals surface area (Å²) in [7, 11) is 0. The highest BCUT2D eigenvalue weighted by molar-refractivity contribution is 5.11. The molecular weight excluding hydrogens is 128 g/mol. The van der Waals surface area contributed by atoms with Gasteiger partial charge in [0.05, 0.1) is 0 Å². The smallest absolute Gasteiger partial charge is 0.103 e. The standard InChI is InChI=1S/C6H12N4/c1-4(7)10(5(2)8)6(3)9/h1-3,7-9H2. The van der Waals surface area contributed by atoms with Gasteiger partial charge in [-0.15, -0.1) is 0 Å². The van der Waals surface area contributed by atoms with Crippen molar-refractivity contribution in [3.05, 3.63) is 37.2 Å². The Morgan fingerprint density at radius 3 is 1.00 bits per heavy atom. The first-order valence-corrected chi connectivity index (χ1v) is 2.60. The number of hydrogen-bond acceptors (Lipinski definition) is 4. The van der Waals surface area contributed by atoms with Crippen molar-refractivity contribution < 1.29 is 0 Å². The Morgan fingerprint density at radius 2 is 1.00 bits per heavy atom. The molecule has 56 valence electrons. The molecule has 0 bridgehead atoms. The molecule has 0 radical (unpaired) electrons. The predicted molar refractivity (Wildman–Crippen MR) is 41.8 cm³/mol. The molecule has 0 saturated heterocycles.